The first-order chi connectivity index (χ1) is 9.75. The molecule has 0 amide bonds. The van der Waals surface area contributed by atoms with Crippen LogP contribution in [0.2, 0.25) is 5.28 Å². The molecule has 3 heterocycles. The Morgan fingerprint density at radius 3 is 2.70 bits per heavy atom. The van der Waals surface area contributed by atoms with Crippen molar-refractivity contribution in [3.05, 3.63) is 27.7 Å². The van der Waals surface area contributed by atoms with Crippen molar-refractivity contribution in [2.75, 3.05) is 13.2 Å². The van der Waals surface area contributed by atoms with Gasteiger partial charge >= 0.3 is 0 Å². The zero-order valence-electron chi connectivity index (χ0n) is 11.0. The molecule has 2 aromatic rings. The maximum Gasteiger partial charge on any atom is 0.280 e. The largest absolute Gasteiger partial charge is 0.381 e. The minimum Gasteiger partial charge on any atom is -0.381 e. The maximum atomic E-state index is 12.5. The van der Waals surface area contributed by atoms with Crippen molar-refractivity contribution in [1.29, 1.82) is 0 Å². The average molecular weight is 295 g/mol. The number of imidazole rings is 1. The summed E-state index contributed by atoms with van der Waals surface area (Å²) in [5.41, 5.74) is 0.432. The zero-order valence-corrected chi connectivity index (χ0v) is 11.7. The van der Waals surface area contributed by atoms with Crippen molar-refractivity contribution in [1.82, 2.24) is 19.2 Å². The molecule has 1 saturated carbocycles. The molecule has 7 heteroatoms. The molecular weight excluding hydrogens is 280 g/mol. The third kappa shape index (κ3) is 1.86. The first kappa shape index (κ1) is 12.3. The molecule has 0 bridgehead atoms. The van der Waals surface area contributed by atoms with E-state index in [0.29, 0.717) is 5.52 Å². The van der Waals surface area contributed by atoms with Gasteiger partial charge in [0.15, 0.2) is 5.52 Å². The monoisotopic (exact) mass is 294 g/mol. The maximum absolute atomic E-state index is 12.5. The molecule has 106 valence electrons. The molecule has 0 unspecified atom stereocenters. The lowest BCUT2D eigenvalue weighted by atomic mass is 10.00. The number of halogens is 1. The molecule has 6 nitrogen and oxygen atoms in total. The fourth-order valence-electron chi connectivity index (χ4n) is 2.83. The van der Waals surface area contributed by atoms with Gasteiger partial charge in [-0.15, -0.1) is 5.10 Å². The topological polar surface area (TPSA) is 61.4 Å². The van der Waals surface area contributed by atoms with Crippen LogP contribution in [-0.4, -0.2) is 32.4 Å². The fourth-order valence-corrected chi connectivity index (χ4v) is 3.12. The third-order valence-corrected chi connectivity index (χ3v) is 4.34. The summed E-state index contributed by atoms with van der Waals surface area (Å²) < 4.78 is 8.58. The van der Waals surface area contributed by atoms with Gasteiger partial charge in [-0.1, -0.05) is 0 Å². The summed E-state index contributed by atoms with van der Waals surface area (Å²) in [6.07, 6.45) is 5.43. The normalized spacial score (nSPS) is 20.6. The lowest BCUT2D eigenvalue weighted by Crippen LogP contribution is -2.25. The van der Waals surface area contributed by atoms with E-state index in [1.165, 1.54) is 0 Å². The van der Waals surface area contributed by atoms with Gasteiger partial charge in [0.1, 0.15) is 5.82 Å². The summed E-state index contributed by atoms with van der Waals surface area (Å²) in [4.78, 5) is 16.9. The zero-order chi connectivity index (χ0) is 13.7. The predicted molar refractivity (Wildman–Crippen MR) is 73.3 cm³/mol. The molecule has 1 aliphatic heterocycles. The van der Waals surface area contributed by atoms with Gasteiger partial charge in [0.25, 0.3) is 5.56 Å². The first-order valence-electron chi connectivity index (χ1n) is 6.99. The molecule has 2 fully saturated rings. The molecular formula is C13H15ClN4O2. The molecule has 2 aliphatic rings. The Balaban J connectivity index is 1.86. The fraction of sp³-hybridized carbons (Fsp3) is 0.615. The van der Waals surface area contributed by atoms with Crippen LogP contribution >= 0.6 is 11.6 Å². The Kier molecular flexibility index (Phi) is 2.82. The van der Waals surface area contributed by atoms with Gasteiger partial charge in [0.05, 0.1) is 6.20 Å². The third-order valence-electron chi connectivity index (χ3n) is 4.08. The number of aromatic nitrogens is 4. The molecule has 4 rings (SSSR count). The smallest absolute Gasteiger partial charge is 0.280 e. The number of nitrogens with zero attached hydrogens (tertiary/aromatic N) is 4. The summed E-state index contributed by atoms with van der Waals surface area (Å²) in [7, 11) is 0. The van der Waals surface area contributed by atoms with Gasteiger partial charge in [-0.05, 0) is 37.3 Å². The number of rotatable bonds is 2. The van der Waals surface area contributed by atoms with Crippen LogP contribution in [0.1, 0.15) is 43.5 Å². The van der Waals surface area contributed by atoms with Crippen LogP contribution in [0.4, 0.5) is 0 Å². The lowest BCUT2D eigenvalue weighted by Gasteiger charge is -2.20. The van der Waals surface area contributed by atoms with E-state index in [-0.39, 0.29) is 22.8 Å². The van der Waals surface area contributed by atoms with Crippen molar-refractivity contribution in [3.8, 4) is 0 Å². The van der Waals surface area contributed by atoms with E-state index in [2.05, 4.69) is 10.1 Å². The Labute approximate surface area is 120 Å². The van der Waals surface area contributed by atoms with Crippen LogP contribution in [-0.2, 0) is 4.74 Å². The van der Waals surface area contributed by atoms with E-state index in [4.69, 9.17) is 16.3 Å². The van der Waals surface area contributed by atoms with E-state index in [0.717, 1.165) is 44.7 Å². The molecule has 0 N–H and O–H groups in total. The highest BCUT2D eigenvalue weighted by atomic mass is 35.5. The van der Waals surface area contributed by atoms with Gasteiger partial charge in [-0.25, -0.2) is 9.50 Å². The first-order valence-corrected chi connectivity index (χ1v) is 7.37. The minimum absolute atomic E-state index is 0.0849. The number of hydrogen-bond donors (Lipinski definition) is 0. The molecule has 20 heavy (non-hydrogen) atoms. The second-order valence-corrected chi connectivity index (χ2v) is 5.81. The highest BCUT2D eigenvalue weighted by molar-refractivity contribution is 6.28. The lowest BCUT2D eigenvalue weighted by molar-refractivity contribution is 0.0832. The molecule has 1 aliphatic carbocycles. The van der Waals surface area contributed by atoms with Crippen LogP contribution in [0.3, 0.4) is 0 Å². The molecule has 1 saturated heterocycles. The van der Waals surface area contributed by atoms with E-state index < -0.39 is 0 Å². The highest BCUT2D eigenvalue weighted by Crippen LogP contribution is 2.35. The SMILES string of the molecule is O=c1c2cnc(C3CCOCC3)n2nc(Cl)n1C1CC1. The summed E-state index contributed by atoms with van der Waals surface area (Å²) in [5, 5.41) is 4.64. The van der Waals surface area contributed by atoms with Crippen LogP contribution in [0.5, 0.6) is 0 Å². The van der Waals surface area contributed by atoms with Crippen LogP contribution in [0, 0.1) is 0 Å². The Bertz CT molecular complexity index is 713. The summed E-state index contributed by atoms with van der Waals surface area (Å²) in [5.74, 6) is 1.11. The van der Waals surface area contributed by atoms with E-state index in [1.54, 1.807) is 15.3 Å². The van der Waals surface area contributed by atoms with Gasteiger partial charge in [-0.2, -0.15) is 0 Å². The second kappa shape index (κ2) is 4.56. The second-order valence-electron chi connectivity index (χ2n) is 5.48. The van der Waals surface area contributed by atoms with Crippen molar-refractivity contribution < 1.29 is 4.74 Å². The van der Waals surface area contributed by atoms with Crippen molar-refractivity contribution in [2.45, 2.75) is 37.6 Å². The summed E-state index contributed by atoms with van der Waals surface area (Å²) in [6.45, 7) is 1.46. The molecule has 0 spiro atoms. The van der Waals surface area contributed by atoms with Crippen LogP contribution < -0.4 is 5.56 Å². The van der Waals surface area contributed by atoms with Gasteiger partial charge < -0.3 is 4.74 Å². The Hall–Kier alpha value is -1.40. The molecule has 0 radical (unpaired) electrons. The summed E-state index contributed by atoms with van der Waals surface area (Å²) >= 11 is 6.19. The number of hydrogen-bond acceptors (Lipinski definition) is 4. The average Bonchev–Trinajstić information content (AvgIpc) is 3.19. The van der Waals surface area contributed by atoms with E-state index in [9.17, 15) is 4.79 Å². The van der Waals surface area contributed by atoms with E-state index >= 15 is 0 Å². The number of fused-ring (bicyclic) bond motifs is 1. The molecule has 0 aromatic carbocycles. The van der Waals surface area contributed by atoms with Crippen LogP contribution in [0.25, 0.3) is 5.52 Å². The number of ether oxygens (including phenoxy) is 1. The molecule has 2 aromatic heterocycles. The van der Waals surface area contributed by atoms with Crippen molar-refractivity contribution in [3.63, 3.8) is 0 Å². The predicted octanol–water partition coefficient (Wildman–Crippen LogP) is 1.77. The van der Waals surface area contributed by atoms with Crippen molar-refractivity contribution in [2.24, 2.45) is 0 Å². The molecule has 0 atom stereocenters. The standard InChI is InChI=1S/C13H15ClN4O2/c14-13-16-18-10(12(19)17(13)9-1-2-9)7-15-11(18)8-3-5-20-6-4-8/h7-9H,1-6H2. The van der Waals surface area contributed by atoms with Gasteiger partial charge in [0, 0.05) is 25.2 Å². The van der Waals surface area contributed by atoms with E-state index in [1.807, 2.05) is 0 Å². The quantitative estimate of drug-likeness (QED) is 0.847. The van der Waals surface area contributed by atoms with Gasteiger partial charge in [0.2, 0.25) is 5.28 Å². The summed E-state index contributed by atoms with van der Waals surface area (Å²) in [6, 6.07) is 0.217. The Morgan fingerprint density at radius 1 is 1.25 bits per heavy atom. The van der Waals surface area contributed by atoms with Crippen LogP contribution in [0.15, 0.2) is 11.0 Å². The van der Waals surface area contributed by atoms with Gasteiger partial charge in [-0.3, -0.25) is 9.36 Å². The highest BCUT2D eigenvalue weighted by Gasteiger charge is 2.29. The minimum atomic E-state index is -0.0849. The Morgan fingerprint density at radius 2 is 2.00 bits per heavy atom. The van der Waals surface area contributed by atoms with Crippen molar-refractivity contribution >= 4 is 17.1 Å².